The molecule has 1 aromatic rings. The summed E-state index contributed by atoms with van der Waals surface area (Å²) in [6, 6.07) is 2.15. The van der Waals surface area contributed by atoms with E-state index in [9.17, 15) is 17.6 Å². The zero-order chi connectivity index (χ0) is 24.2. The highest BCUT2D eigenvalue weighted by molar-refractivity contribution is 7.93. The van der Waals surface area contributed by atoms with Crippen molar-refractivity contribution in [3.8, 4) is 0 Å². The van der Waals surface area contributed by atoms with Crippen molar-refractivity contribution in [1.82, 2.24) is 0 Å². The molecule has 0 radical (unpaired) electrons. The van der Waals surface area contributed by atoms with Crippen LogP contribution >= 0.6 is 11.6 Å². The van der Waals surface area contributed by atoms with E-state index in [1.165, 1.54) is 6.92 Å². The van der Waals surface area contributed by atoms with Gasteiger partial charge in [-0.2, -0.15) is 0 Å². The van der Waals surface area contributed by atoms with Crippen LogP contribution < -0.4 is 4.72 Å². The first kappa shape index (κ1) is 9.64. The van der Waals surface area contributed by atoms with Crippen LogP contribution in [0, 0.1) is 5.82 Å². The fraction of sp³-hybridized carbons (Fsp3) is 0.400. The number of anilines is 1. The molecule has 0 aliphatic heterocycles. The summed E-state index contributed by atoms with van der Waals surface area (Å²) in [6.45, 7) is 0.971. The SMILES string of the molecule is [2H]N(c1ccc(F)cc1Cl)S(=O)(=O)[C@@]1([2H])C(C(=O)OCC)=CC([2H])([2H])C([2H])([2H])C1([2H])[2H]. The van der Waals surface area contributed by atoms with Crippen molar-refractivity contribution in [3.63, 3.8) is 0 Å². The minimum Gasteiger partial charge on any atom is -0.463 e. The molecule has 0 heterocycles. The predicted molar refractivity (Wildman–Crippen MR) is 86.3 cm³/mol. The number of halogens is 2. The van der Waals surface area contributed by atoms with Gasteiger partial charge in [0.05, 0.1) is 24.3 Å². The van der Waals surface area contributed by atoms with E-state index in [1.807, 2.05) is 0 Å². The number of benzene rings is 1. The van der Waals surface area contributed by atoms with Gasteiger partial charge in [-0.25, -0.2) is 17.6 Å². The Kier molecular flexibility index (Phi) is 3.06. The molecule has 0 bridgehead atoms. The molecule has 0 saturated heterocycles. The second-order valence-corrected chi connectivity index (χ2v) is 6.11. The van der Waals surface area contributed by atoms with Gasteiger partial charge in [0.15, 0.2) is 1.41 Å². The molecule has 23 heavy (non-hydrogen) atoms. The lowest BCUT2D eigenvalue weighted by atomic mass is 9.99. The van der Waals surface area contributed by atoms with Crippen molar-refractivity contribution in [2.75, 3.05) is 11.3 Å². The van der Waals surface area contributed by atoms with Crippen molar-refractivity contribution in [1.29, 1.82) is 0 Å². The highest BCUT2D eigenvalue weighted by Crippen LogP contribution is 2.30. The highest BCUT2D eigenvalue weighted by atomic mass is 35.5. The van der Waals surface area contributed by atoms with Crippen molar-refractivity contribution in [3.05, 3.63) is 40.7 Å². The Balaban J connectivity index is 2.88. The van der Waals surface area contributed by atoms with Gasteiger partial charge in [0, 0.05) is 8.22 Å². The maximum absolute atomic E-state index is 13.3. The van der Waals surface area contributed by atoms with Crippen LogP contribution in [-0.2, 0) is 19.6 Å². The van der Waals surface area contributed by atoms with Crippen LogP contribution in [0.25, 0.3) is 0 Å². The van der Waals surface area contributed by atoms with Gasteiger partial charge < -0.3 is 4.74 Å². The third-order valence-corrected chi connectivity index (χ3v) is 4.17. The van der Waals surface area contributed by atoms with Gasteiger partial charge in [0.2, 0.25) is 10.0 Å². The van der Waals surface area contributed by atoms with E-state index in [2.05, 4.69) is 4.74 Å². The second-order valence-electron chi connectivity index (χ2n) is 4.16. The number of ether oxygens (including phenoxy) is 1. The molecule has 0 amide bonds. The van der Waals surface area contributed by atoms with E-state index >= 15 is 0 Å². The normalized spacial score (nSPS) is 33.1. The molecule has 0 spiro atoms. The van der Waals surface area contributed by atoms with Crippen LogP contribution in [0.15, 0.2) is 29.8 Å². The number of esters is 1. The Bertz CT molecular complexity index is 1050. The van der Waals surface area contributed by atoms with E-state index in [1.54, 1.807) is 0 Å². The molecule has 1 aliphatic rings. The molecule has 2 rings (SSSR count). The van der Waals surface area contributed by atoms with Crippen molar-refractivity contribution in [2.24, 2.45) is 0 Å². The first-order chi connectivity index (χ1) is 13.9. The van der Waals surface area contributed by atoms with Crippen LogP contribution in [0.3, 0.4) is 0 Å². The van der Waals surface area contributed by atoms with Crippen LogP contribution in [-0.4, -0.2) is 26.2 Å². The van der Waals surface area contributed by atoms with Gasteiger partial charge in [-0.1, -0.05) is 17.7 Å². The third-order valence-electron chi connectivity index (χ3n) is 2.59. The Morgan fingerprint density at radius 1 is 1.65 bits per heavy atom. The first-order valence-electron chi connectivity index (χ1n) is 10.2. The molecule has 1 aliphatic carbocycles. The molecule has 0 unspecified atom stereocenters. The number of sulfonamides is 1. The first-order valence-corrected chi connectivity index (χ1v) is 8.11. The third kappa shape index (κ3) is 4.23. The summed E-state index contributed by atoms with van der Waals surface area (Å²) >= 11 is 5.77. The summed E-state index contributed by atoms with van der Waals surface area (Å²) < 4.78 is 108. The summed E-state index contributed by atoms with van der Waals surface area (Å²) in [7, 11) is -5.68. The van der Waals surface area contributed by atoms with Crippen molar-refractivity contribution in [2.45, 2.75) is 31.3 Å². The Morgan fingerprint density at radius 2 is 2.39 bits per heavy atom. The van der Waals surface area contributed by atoms with Crippen LogP contribution in [0.1, 0.15) is 35.6 Å². The quantitative estimate of drug-likeness (QED) is 0.808. The lowest BCUT2D eigenvalue weighted by molar-refractivity contribution is -0.138. The summed E-state index contributed by atoms with van der Waals surface area (Å²) in [4.78, 5) is 12.4. The summed E-state index contributed by atoms with van der Waals surface area (Å²) in [5.41, 5.74) is -2.06. The van der Waals surface area contributed by atoms with Crippen LogP contribution in [0.4, 0.5) is 10.1 Å². The maximum atomic E-state index is 13.3. The molecule has 8 heteroatoms. The Labute approximate surface area is 150 Å². The summed E-state index contributed by atoms with van der Waals surface area (Å²) in [5.74, 6) is -2.47. The predicted octanol–water partition coefficient (Wildman–Crippen LogP) is 3.26. The van der Waals surface area contributed by atoms with Crippen molar-refractivity contribution < 1.29 is 33.3 Å². The van der Waals surface area contributed by atoms with Gasteiger partial charge in [0.1, 0.15) is 11.0 Å². The van der Waals surface area contributed by atoms with E-state index in [4.69, 9.17) is 22.6 Å². The minimum atomic E-state index is -5.68. The average Bonchev–Trinajstić information content (AvgIpc) is 2.63. The van der Waals surface area contributed by atoms with Gasteiger partial charge in [-0.15, -0.1) is 0 Å². The Hall–Kier alpha value is -1.60. The zero-order valence-electron chi connectivity index (χ0n) is 19.8. The van der Waals surface area contributed by atoms with Gasteiger partial charge >= 0.3 is 5.97 Å². The standard InChI is InChI=1S/C15H17ClFNO4S/c1-2-22-15(19)11-5-3-4-6-14(11)23(20,21)18-13-8-7-10(17)9-12(13)16/h5,7-9,14,18H,2-4,6H2,1H3/t14-/m1/s1/i3D2,4D2,6D2,14D/hD. The molecule has 1 aromatic carbocycles. The number of carbonyl (C=O) groups is 1. The number of hydrogen-bond donors (Lipinski definition) is 1. The molecule has 5 nitrogen and oxygen atoms in total. The monoisotopic (exact) mass is 369 g/mol. The molecule has 126 valence electrons. The largest absolute Gasteiger partial charge is 0.463 e. The minimum absolute atomic E-state index is 0.178. The fourth-order valence-corrected chi connectivity index (χ4v) is 3.00. The van der Waals surface area contributed by atoms with E-state index in [0.29, 0.717) is 6.07 Å². The number of nitrogens with one attached hydrogen (secondary N) is 1. The lowest BCUT2D eigenvalue weighted by Gasteiger charge is -2.24. The molecular weight excluding hydrogens is 345 g/mol. The number of rotatable bonds is 5. The Morgan fingerprint density at radius 3 is 3.04 bits per heavy atom. The fourth-order valence-electron chi connectivity index (χ4n) is 1.63. The summed E-state index contributed by atoms with van der Waals surface area (Å²) in [5, 5.41) is -4.47. The van der Waals surface area contributed by atoms with Gasteiger partial charge in [0.25, 0.3) is 0 Å². The van der Waals surface area contributed by atoms with Gasteiger partial charge in [-0.05, 0) is 44.2 Å². The average molecular weight is 370 g/mol. The zero-order valence-corrected chi connectivity index (χ0v) is 13.3. The molecular formula is C15H17ClFNO4S. The molecule has 0 saturated carbocycles. The van der Waals surface area contributed by atoms with Gasteiger partial charge in [-0.3, -0.25) is 4.72 Å². The smallest absolute Gasteiger partial charge is 0.335 e. The van der Waals surface area contributed by atoms with Crippen LogP contribution in [0.5, 0.6) is 0 Å². The van der Waals surface area contributed by atoms with E-state index in [-0.39, 0.29) is 12.7 Å². The molecule has 0 fully saturated rings. The van der Waals surface area contributed by atoms with E-state index in [0.717, 1.165) is 12.1 Å². The summed E-state index contributed by atoms with van der Waals surface area (Å²) in [6.07, 6.45) is -10.6. The highest BCUT2D eigenvalue weighted by Gasteiger charge is 2.35. The lowest BCUT2D eigenvalue weighted by Crippen LogP contribution is -2.34. The topological polar surface area (TPSA) is 72.5 Å². The number of hydrogen-bond acceptors (Lipinski definition) is 4. The molecule has 1 atom stereocenters. The van der Waals surface area contributed by atoms with E-state index < -0.39 is 67.2 Å². The molecule has 1 N–H and O–H groups in total. The number of carbonyl (C=O) groups excluding carboxylic acids is 1. The second kappa shape index (κ2) is 7.31. The number of allylic oxidation sites excluding steroid dienone is 1. The van der Waals surface area contributed by atoms with Crippen molar-refractivity contribution >= 4 is 33.3 Å². The maximum Gasteiger partial charge on any atom is 0.335 e. The molecule has 0 aromatic heterocycles. The van der Waals surface area contributed by atoms with Crippen LogP contribution in [0.2, 0.25) is 6.43 Å².